The van der Waals surface area contributed by atoms with Crippen molar-refractivity contribution in [2.75, 3.05) is 32.2 Å². The van der Waals surface area contributed by atoms with Crippen molar-refractivity contribution < 1.29 is 9.47 Å². The zero-order chi connectivity index (χ0) is 14.4. The number of fused-ring (bicyclic) bond motifs is 1. The van der Waals surface area contributed by atoms with Crippen LogP contribution in [0.2, 0.25) is 0 Å². The van der Waals surface area contributed by atoms with E-state index in [0.717, 1.165) is 29.9 Å². The van der Waals surface area contributed by atoms with Gasteiger partial charge in [0.15, 0.2) is 11.5 Å². The second kappa shape index (κ2) is 7.16. The minimum Gasteiger partial charge on any atom is -0.379 e. The molecule has 0 spiro atoms. The van der Waals surface area contributed by atoms with Gasteiger partial charge in [0.05, 0.1) is 24.8 Å². The van der Waals surface area contributed by atoms with Gasteiger partial charge in [-0.05, 0) is 6.42 Å². The van der Waals surface area contributed by atoms with Crippen LogP contribution in [-0.4, -0.2) is 46.6 Å². The molecular formula is C13H21N5O2. The van der Waals surface area contributed by atoms with Crippen molar-refractivity contribution in [3.8, 4) is 0 Å². The molecule has 0 saturated carbocycles. The number of aryl methyl sites for hydroxylation is 1. The van der Waals surface area contributed by atoms with E-state index in [1.807, 2.05) is 14.1 Å². The van der Waals surface area contributed by atoms with Gasteiger partial charge in [0.1, 0.15) is 12.4 Å². The van der Waals surface area contributed by atoms with Crippen molar-refractivity contribution in [1.29, 1.82) is 0 Å². The summed E-state index contributed by atoms with van der Waals surface area (Å²) < 4.78 is 12.6. The van der Waals surface area contributed by atoms with Crippen LogP contribution >= 0.6 is 0 Å². The highest BCUT2D eigenvalue weighted by atomic mass is 16.5. The fraction of sp³-hybridized carbons (Fsp3) is 0.615. The average Bonchev–Trinajstić information content (AvgIpc) is 2.84. The summed E-state index contributed by atoms with van der Waals surface area (Å²) in [5.41, 5.74) is 0.796. The van der Waals surface area contributed by atoms with Gasteiger partial charge in [0.2, 0.25) is 0 Å². The minimum absolute atomic E-state index is 0.366. The first-order valence-corrected chi connectivity index (χ1v) is 6.78. The number of rotatable bonds is 8. The van der Waals surface area contributed by atoms with Crippen molar-refractivity contribution in [2.24, 2.45) is 7.05 Å². The molecule has 2 rings (SSSR count). The lowest BCUT2D eigenvalue weighted by Crippen LogP contribution is -2.08. The maximum atomic E-state index is 5.52. The van der Waals surface area contributed by atoms with Gasteiger partial charge in [0, 0.05) is 20.7 Å². The number of nitrogens with one attached hydrogen (secondary N) is 1. The molecule has 2 aromatic heterocycles. The van der Waals surface area contributed by atoms with Crippen LogP contribution in [0.3, 0.4) is 0 Å². The van der Waals surface area contributed by atoms with Crippen molar-refractivity contribution in [3.05, 3.63) is 12.0 Å². The van der Waals surface area contributed by atoms with Crippen molar-refractivity contribution >= 4 is 16.9 Å². The largest absolute Gasteiger partial charge is 0.379 e. The average molecular weight is 279 g/mol. The summed E-state index contributed by atoms with van der Waals surface area (Å²) in [5, 5.41) is 8.15. The highest BCUT2D eigenvalue weighted by Crippen LogP contribution is 2.19. The molecule has 0 aliphatic carbocycles. The number of anilines is 1. The molecule has 0 fully saturated rings. The number of hydrogen-bond donors (Lipinski definition) is 1. The molecule has 20 heavy (non-hydrogen) atoms. The Labute approximate surface area is 118 Å². The third kappa shape index (κ3) is 3.43. The van der Waals surface area contributed by atoms with Gasteiger partial charge in [-0.25, -0.2) is 9.97 Å². The highest BCUT2D eigenvalue weighted by Gasteiger charge is 2.10. The van der Waals surface area contributed by atoms with Gasteiger partial charge in [-0.2, -0.15) is 5.10 Å². The van der Waals surface area contributed by atoms with E-state index in [1.54, 1.807) is 10.9 Å². The molecule has 0 aliphatic heterocycles. The van der Waals surface area contributed by atoms with Crippen LogP contribution in [-0.2, 0) is 23.1 Å². The second-order valence-corrected chi connectivity index (χ2v) is 4.41. The standard InChI is InChI=1S/C13H21N5O2/c1-4-5-19-6-7-20-9-11-16-12(14-2)10-8-15-18(3)13(10)17-11/h8H,4-7,9H2,1-3H3,(H,14,16,17). The molecule has 0 aromatic carbocycles. The number of hydrogen-bond acceptors (Lipinski definition) is 6. The van der Waals surface area contributed by atoms with Gasteiger partial charge >= 0.3 is 0 Å². The van der Waals surface area contributed by atoms with Gasteiger partial charge < -0.3 is 14.8 Å². The lowest BCUT2D eigenvalue weighted by molar-refractivity contribution is 0.0386. The topological polar surface area (TPSA) is 74.1 Å². The number of nitrogens with zero attached hydrogens (tertiary/aromatic N) is 4. The summed E-state index contributed by atoms with van der Waals surface area (Å²) >= 11 is 0. The van der Waals surface area contributed by atoms with Gasteiger partial charge in [0.25, 0.3) is 0 Å². The fourth-order valence-electron chi connectivity index (χ4n) is 1.85. The molecule has 2 aromatic rings. The van der Waals surface area contributed by atoms with E-state index in [2.05, 4.69) is 27.3 Å². The summed E-state index contributed by atoms with van der Waals surface area (Å²) in [5.74, 6) is 1.41. The zero-order valence-corrected chi connectivity index (χ0v) is 12.2. The summed E-state index contributed by atoms with van der Waals surface area (Å²) in [6.07, 6.45) is 2.77. The molecule has 110 valence electrons. The normalized spacial score (nSPS) is 11.2. The Balaban J connectivity index is 1.98. The van der Waals surface area contributed by atoms with E-state index in [9.17, 15) is 0 Å². The second-order valence-electron chi connectivity index (χ2n) is 4.41. The Kier molecular flexibility index (Phi) is 5.25. The number of aromatic nitrogens is 4. The maximum absolute atomic E-state index is 5.52. The molecule has 0 bridgehead atoms. The lowest BCUT2D eigenvalue weighted by atomic mass is 10.4. The van der Waals surface area contributed by atoms with Gasteiger partial charge in [-0.15, -0.1) is 0 Å². The van der Waals surface area contributed by atoms with Gasteiger partial charge in [-0.3, -0.25) is 4.68 Å². The molecule has 0 radical (unpaired) electrons. The predicted molar refractivity (Wildman–Crippen MR) is 76.6 cm³/mol. The molecule has 7 nitrogen and oxygen atoms in total. The Morgan fingerprint density at radius 1 is 1.20 bits per heavy atom. The SMILES string of the molecule is CCCOCCOCc1nc(NC)c2cnn(C)c2n1. The van der Waals surface area contributed by atoms with E-state index in [1.165, 1.54) is 0 Å². The Bertz CT molecular complexity index is 555. The van der Waals surface area contributed by atoms with Crippen LogP contribution < -0.4 is 5.32 Å². The molecule has 0 unspecified atom stereocenters. The van der Waals surface area contributed by atoms with Crippen LogP contribution in [0.15, 0.2) is 6.20 Å². The molecule has 0 saturated heterocycles. The van der Waals surface area contributed by atoms with Crippen molar-refractivity contribution in [3.63, 3.8) is 0 Å². The molecule has 1 N–H and O–H groups in total. The molecule has 0 amide bonds. The van der Waals surface area contributed by atoms with Crippen LogP contribution in [0.25, 0.3) is 11.0 Å². The first-order valence-electron chi connectivity index (χ1n) is 6.78. The van der Waals surface area contributed by atoms with Crippen LogP contribution in [0.1, 0.15) is 19.2 Å². The summed E-state index contributed by atoms with van der Waals surface area (Å²) in [6.45, 7) is 4.36. The summed E-state index contributed by atoms with van der Waals surface area (Å²) in [6, 6.07) is 0. The molecular weight excluding hydrogens is 258 g/mol. The third-order valence-electron chi connectivity index (χ3n) is 2.83. The minimum atomic E-state index is 0.366. The molecule has 7 heteroatoms. The highest BCUT2D eigenvalue weighted by molar-refractivity contribution is 5.86. The first kappa shape index (κ1) is 14.7. The Hall–Kier alpha value is -1.73. The Morgan fingerprint density at radius 3 is 2.75 bits per heavy atom. The lowest BCUT2D eigenvalue weighted by Gasteiger charge is -2.07. The monoisotopic (exact) mass is 279 g/mol. The van der Waals surface area contributed by atoms with E-state index in [4.69, 9.17) is 9.47 Å². The zero-order valence-electron chi connectivity index (χ0n) is 12.2. The molecule has 0 aliphatic rings. The van der Waals surface area contributed by atoms with Crippen LogP contribution in [0.4, 0.5) is 5.82 Å². The fourth-order valence-corrected chi connectivity index (χ4v) is 1.85. The summed E-state index contributed by atoms with van der Waals surface area (Å²) in [7, 11) is 3.69. The van der Waals surface area contributed by atoms with E-state index < -0.39 is 0 Å². The quantitative estimate of drug-likeness (QED) is 0.735. The third-order valence-corrected chi connectivity index (χ3v) is 2.83. The van der Waals surface area contributed by atoms with Crippen LogP contribution in [0, 0.1) is 0 Å². The molecule has 0 atom stereocenters. The first-order chi connectivity index (χ1) is 9.76. The molecule has 2 heterocycles. The van der Waals surface area contributed by atoms with Crippen molar-refractivity contribution in [2.45, 2.75) is 20.0 Å². The van der Waals surface area contributed by atoms with Crippen LogP contribution in [0.5, 0.6) is 0 Å². The number of ether oxygens (including phenoxy) is 2. The van der Waals surface area contributed by atoms with E-state index >= 15 is 0 Å². The maximum Gasteiger partial charge on any atom is 0.163 e. The summed E-state index contributed by atoms with van der Waals surface area (Å²) in [4.78, 5) is 8.89. The van der Waals surface area contributed by atoms with Crippen molar-refractivity contribution in [1.82, 2.24) is 19.7 Å². The predicted octanol–water partition coefficient (Wildman–Crippen LogP) is 1.35. The smallest absolute Gasteiger partial charge is 0.163 e. The van der Waals surface area contributed by atoms with Gasteiger partial charge in [-0.1, -0.05) is 6.92 Å². The van der Waals surface area contributed by atoms with E-state index in [-0.39, 0.29) is 0 Å². The van der Waals surface area contributed by atoms with E-state index in [0.29, 0.717) is 25.6 Å². The Morgan fingerprint density at radius 2 is 2.00 bits per heavy atom.